The van der Waals surface area contributed by atoms with Crippen LogP contribution in [0.2, 0.25) is 0 Å². The largest absolute Gasteiger partial charge is 0.339 e. The standard InChI is InChI=1S/C20H19Cl2NO/c1-13(21)23(14(2)22)18-9-7-15(8-10-18)11-17-12-16-5-3-4-6-19(16)20(17)24/h3-11,13-14H,12H2,1-2H3/b17-11-. The van der Waals surface area contributed by atoms with Crippen LogP contribution >= 0.6 is 23.2 Å². The van der Waals surface area contributed by atoms with Gasteiger partial charge in [0.2, 0.25) is 0 Å². The van der Waals surface area contributed by atoms with E-state index < -0.39 is 0 Å². The van der Waals surface area contributed by atoms with E-state index in [0.717, 1.165) is 28.0 Å². The molecule has 0 heterocycles. The molecule has 0 saturated carbocycles. The Bertz CT molecular complexity index is 770. The average Bonchev–Trinajstić information content (AvgIpc) is 2.85. The maximum absolute atomic E-state index is 12.4. The van der Waals surface area contributed by atoms with Crippen molar-refractivity contribution in [3.63, 3.8) is 0 Å². The number of alkyl halides is 2. The lowest BCUT2D eigenvalue weighted by atomic mass is 10.1. The van der Waals surface area contributed by atoms with E-state index in [1.165, 1.54) is 0 Å². The fourth-order valence-electron chi connectivity index (χ4n) is 3.11. The van der Waals surface area contributed by atoms with Gasteiger partial charge in [-0.05, 0) is 43.2 Å². The number of carbonyl (C=O) groups is 1. The first-order valence-corrected chi connectivity index (χ1v) is 8.84. The van der Waals surface area contributed by atoms with Crippen LogP contribution in [-0.2, 0) is 6.42 Å². The van der Waals surface area contributed by atoms with E-state index in [0.29, 0.717) is 6.42 Å². The van der Waals surface area contributed by atoms with Crippen LogP contribution in [0.5, 0.6) is 0 Å². The lowest BCUT2D eigenvalue weighted by Gasteiger charge is -2.30. The van der Waals surface area contributed by atoms with Crippen molar-refractivity contribution >= 4 is 40.7 Å². The van der Waals surface area contributed by atoms with Crippen LogP contribution < -0.4 is 4.90 Å². The number of nitrogens with zero attached hydrogens (tertiary/aromatic N) is 1. The minimum atomic E-state index is -0.201. The Morgan fingerprint density at radius 3 is 2.21 bits per heavy atom. The zero-order valence-electron chi connectivity index (χ0n) is 13.7. The second-order valence-electron chi connectivity index (χ2n) is 5.98. The van der Waals surface area contributed by atoms with Gasteiger partial charge in [0.1, 0.15) is 11.0 Å². The molecule has 0 fully saturated rings. The van der Waals surface area contributed by atoms with Gasteiger partial charge in [-0.1, -0.05) is 59.6 Å². The summed E-state index contributed by atoms with van der Waals surface area (Å²) in [6.07, 6.45) is 2.66. The second-order valence-corrected chi connectivity index (χ2v) is 7.24. The number of benzene rings is 2. The summed E-state index contributed by atoms with van der Waals surface area (Å²) in [6, 6.07) is 15.7. The van der Waals surface area contributed by atoms with Crippen LogP contribution in [-0.4, -0.2) is 16.8 Å². The van der Waals surface area contributed by atoms with Crippen molar-refractivity contribution in [3.05, 3.63) is 70.8 Å². The molecular weight excluding hydrogens is 341 g/mol. The molecule has 2 atom stereocenters. The number of halogens is 2. The van der Waals surface area contributed by atoms with Gasteiger partial charge in [0, 0.05) is 23.2 Å². The van der Waals surface area contributed by atoms with Gasteiger partial charge in [-0.3, -0.25) is 4.79 Å². The molecule has 1 aliphatic rings. The molecule has 0 spiro atoms. The Hall–Kier alpha value is -1.77. The molecule has 0 aromatic heterocycles. The smallest absolute Gasteiger partial charge is 0.189 e. The molecule has 2 aromatic rings. The zero-order valence-corrected chi connectivity index (χ0v) is 15.2. The highest BCUT2D eigenvalue weighted by Crippen LogP contribution is 2.29. The molecule has 4 heteroatoms. The molecule has 0 aliphatic heterocycles. The minimum Gasteiger partial charge on any atom is -0.339 e. The summed E-state index contributed by atoms with van der Waals surface area (Å²) in [7, 11) is 0. The Balaban J connectivity index is 1.84. The first-order valence-electron chi connectivity index (χ1n) is 7.97. The summed E-state index contributed by atoms with van der Waals surface area (Å²) in [6.45, 7) is 3.79. The average molecular weight is 360 g/mol. The van der Waals surface area contributed by atoms with Gasteiger partial charge in [0.05, 0.1) is 0 Å². The molecule has 0 radical (unpaired) electrons. The summed E-state index contributed by atoms with van der Waals surface area (Å²) < 4.78 is 0. The van der Waals surface area contributed by atoms with Crippen molar-refractivity contribution in [2.45, 2.75) is 31.3 Å². The number of anilines is 1. The number of Topliss-reactive ketones (excluding diaryl/α,β-unsaturated/α-hetero) is 1. The molecule has 0 amide bonds. The maximum Gasteiger partial charge on any atom is 0.189 e. The van der Waals surface area contributed by atoms with Gasteiger partial charge in [0.25, 0.3) is 0 Å². The van der Waals surface area contributed by atoms with Gasteiger partial charge in [-0.2, -0.15) is 0 Å². The fourth-order valence-corrected chi connectivity index (χ4v) is 3.73. The quantitative estimate of drug-likeness (QED) is 0.409. The van der Waals surface area contributed by atoms with Crippen molar-refractivity contribution in [2.75, 3.05) is 4.90 Å². The number of ketones is 1. The molecule has 3 rings (SSSR count). The van der Waals surface area contributed by atoms with Gasteiger partial charge in [-0.25, -0.2) is 0 Å². The number of fused-ring (bicyclic) bond motifs is 1. The third-order valence-electron chi connectivity index (χ3n) is 4.23. The molecular formula is C20H19Cl2NO. The van der Waals surface area contributed by atoms with Crippen molar-refractivity contribution in [2.24, 2.45) is 0 Å². The Kier molecular flexibility index (Phi) is 4.98. The number of carbonyl (C=O) groups excluding carboxylic acids is 1. The van der Waals surface area contributed by atoms with Crippen LogP contribution in [0.15, 0.2) is 54.1 Å². The SMILES string of the molecule is CC(Cl)N(c1ccc(/C=C2/Cc3ccccc3C2=O)cc1)C(C)Cl. The lowest BCUT2D eigenvalue weighted by Crippen LogP contribution is -2.34. The van der Waals surface area contributed by atoms with E-state index in [1.807, 2.05) is 73.4 Å². The van der Waals surface area contributed by atoms with E-state index in [9.17, 15) is 4.79 Å². The summed E-state index contributed by atoms with van der Waals surface area (Å²) in [4.78, 5) is 14.4. The van der Waals surface area contributed by atoms with Gasteiger partial charge >= 0.3 is 0 Å². The Morgan fingerprint density at radius 1 is 1.00 bits per heavy atom. The first-order chi connectivity index (χ1) is 11.5. The van der Waals surface area contributed by atoms with Gasteiger partial charge < -0.3 is 4.90 Å². The normalized spacial score (nSPS) is 17.7. The highest BCUT2D eigenvalue weighted by atomic mass is 35.5. The highest BCUT2D eigenvalue weighted by molar-refractivity contribution is 6.25. The van der Waals surface area contributed by atoms with Crippen LogP contribution in [0, 0.1) is 0 Å². The molecule has 2 unspecified atom stereocenters. The van der Waals surface area contributed by atoms with E-state index in [1.54, 1.807) is 0 Å². The van der Waals surface area contributed by atoms with Crippen LogP contribution in [0.25, 0.3) is 6.08 Å². The maximum atomic E-state index is 12.4. The number of hydrogen-bond acceptors (Lipinski definition) is 2. The lowest BCUT2D eigenvalue weighted by molar-refractivity contribution is 0.104. The molecule has 124 valence electrons. The molecule has 1 aliphatic carbocycles. The van der Waals surface area contributed by atoms with E-state index >= 15 is 0 Å². The Morgan fingerprint density at radius 2 is 1.62 bits per heavy atom. The molecule has 24 heavy (non-hydrogen) atoms. The van der Waals surface area contributed by atoms with E-state index in [4.69, 9.17) is 23.2 Å². The summed E-state index contributed by atoms with van der Waals surface area (Å²) in [5.41, 5.74) is 4.31. The van der Waals surface area contributed by atoms with Crippen molar-refractivity contribution in [1.82, 2.24) is 0 Å². The van der Waals surface area contributed by atoms with Crippen molar-refractivity contribution in [1.29, 1.82) is 0 Å². The minimum absolute atomic E-state index is 0.125. The third-order valence-corrected chi connectivity index (χ3v) is 4.65. The molecule has 0 saturated heterocycles. The topological polar surface area (TPSA) is 20.3 Å². The first kappa shape index (κ1) is 17.1. The fraction of sp³-hybridized carbons (Fsp3) is 0.250. The monoisotopic (exact) mass is 359 g/mol. The summed E-state index contributed by atoms with van der Waals surface area (Å²) in [5.74, 6) is 0.125. The van der Waals surface area contributed by atoms with Crippen LogP contribution in [0.1, 0.15) is 35.3 Å². The number of allylic oxidation sites excluding steroid dienone is 1. The van der Waals surface area contributed by atoms with E-state index in [2.05, 4.69) is 0 Å². The number of hydrogen-bond donors (Lipinski definition) is 0. The van der Waals surface area contributed by atoms with Crippen molar-refractivity contribution < 1.29 is 4.79 Å². The van der Waals surface area contributed by atoms with Crippen molar-refractivity contribution in [3.8, 4) is 0 Å². The van der Waals surface area contributed by atoms with E-state index in [-0.39, 0.29) is 16.8 Å². The molecule has 2 nitrogen and oxygen atoms in total. The van der Waals surface area contributed by atoms with Crippen LogP contribution in [0.3, 0.4) is 0 Å². The molecule has 0 N–H and O–H groups in total. The second kappa shape index (κ2) is 7.00. The summed E-state index contributed by atoms with van der Waals surface area (Å²) in [5, 5.41) is 0. The van der Waals surface area contributed by atoms with Gasteiger partial charge in [0.15, 0.2) is 5.78 Å². The predicted octanol–water partition coefficient (Wildman–Crippen LogP) is 5.49. The molecule has 0 bridgehead atoms. The van der Waals surface area contributed by atoms with Crippen LogP contribution in [0.4, 0.5) is 5.69 Å². The third kappa shape index (κ3) is 3.35. The molecule has 2 aromatic carbocycles. The highest BCUT2D eigenvalue weighted by Gasteiger charge is 2.24. The van der Waals surface area contributed by atoms with Gasteiger partial charge in [-0.15, -0.1) is 0 Å². The summed E-state index contributed by atoms with van der Waals surface area (Å²) >= 11 is 12.4. The predicted molar refractivity (Wildman–Crippen MR) is 102 cm³/mol. The number of rotatable bonds is 4. The zero-order chi connectivity index (χ0) is 17.3. The Labute approximate surface area is 152 Å².